The molecule has 0 aromatic carbocycles. The van der Waals surface area contributed by atoms with Gasteiger partial charge in [-0.3, -0.25) is 0 Å². The van der Waals surface area contributed by atoms with E-state index >= 15 is 0 Å². The molecule has 1 aliphatic carbocycles. The summed E-state index contributed by atoms with van der Waals surface area (Å²) in [6.45, 7) is 9.08. The van der Waals surface area contributed by atoms with E-state index in [-0.39, 0.29) is 0 Å². The van der Waals surface area contributed by atoms with E-state index in [1.807, 2.05) is 0 Å². The molecule has 2 heteroatoms. The Labute approximate surface area is 109 Å². The minimum atomic E-state index is -1.02. The van der Waals surface area contributed by atoms with E-state index in [4.69, 9.17) is 0 Å². The number of hydrogen-bond donors (Lipinski definition) is 1. The number of piperidine rings is 1. The summed E-state index contributed by atoms with van der Waals surface area (Å²) in [6, 6.07) is 0.860. The average Bonchev–Trinajstić information content (AvgIpc) is 2.30. The third-order valence-corrected chi connectivity index (χ3v) is 7.81. The first-order chi connectivity index (χ1) is 8.09. The third kappa shape index (κ3) is 3.57. The molecule has 0 amide bonds. The van der Waals surface area contributed by atoms with Crippen molar-refractivity contribution in [2.75, 3.05) is 6.54 Å². The van der Waals surface area contributed by atoms with Gasteiger partial charge in [0.05, 0.1) is 0 Å². The van der Waals surface area contributed by atoms with Crippen molar-refractivity contribution >= 4 is 8.07 Å². The molecule has 1 nitrogen and oxygen atoms in total. The highest BCUT2D eigenvalue weighted by Gasteiger charge is 2.39. The Hall–Kier alpha value is 0.177. The second-order valence-electron chi connectivity index (χ2n) is 7.35. The molecule has 1 N–H and O–H groups in total. The van der Waals surface area contributed by atoms with Crippen molar-refractivity contribution in [1.82, 2.24) is 5.32 Å². The van der Waals surface area contributed by atoms with Crippen molar-refractivity contribution in [3.05, 3.63) is 0 Å². The molecule has 0 aromatic heterocycles. The summed E-state index contributed by atoms with van der Waals surface area (Å²) >= 11 is 0. The van der Waals surface area contributed by atoms with E-state index in [1.54, 1.807) is 0 Å². The van der Waals surface area contributed by atoms with Crippen molar-refractivity contribution in [3.63, 3.8) is 0 Å². The Kier molecular flexibility index (Phi) is 4.70. The van der Waals surface area contributed by atoms with Crippen LogP contribution in [0.3, 0.4) is 0 Å². The summed E-state index contributed by atoms with van der Waals surface area (Å²) in [4.78, 5) is 0. The number of rotatable bonds is 3. The summed E-state index contributed by atoms with van der Waals surface area (Å²) in [6.07, 6.45) is 11.8. The molecule has 0 bridgehead atoms. The van der Waals surface area contributed by atoms with Crippen LogP contribution in [0.4, 0.5) is 0 Å². The molecule has 2 rings (SSSR count). The fourth-order valence-electron chi connectivity index (χ4n) is 4.32. The topological polar surface area (TPSA) is 12.0 Å². The summed E-state index contributed by atoms with van der Waals surface area (Å²) in [5.74, 6) is 1.05. The predicted molar refractivity (Wildman–Crippen MR) is 79.3 cm³/mol. The highest BCUT2D eigenvalue weighted by molar-refractivity contribution is 6.77. The lowest BCUT2D eigenvalue weighted by atomic mass is 9.82. The smallest absolute Gasteiger partial charge is 0.0494 e. The first kappa shape index (κ1) is 13.6. The molecule has 100 valence electrons. The quantitative estimate of drug-likeness (QED) is 0.734. The third-order valence-electron chi connectivity index (χ3n) is 4.94. The Morgan fingerprint density at radius 3 is 2.06 bits per heavy atom. The van der Waals surface area contributed by atoms with Gasteiger partial charge >= 0.3 is 0 Å². The zero-order valence-electron chi connectivity index (χ0n) is 12.1. The molecular weight excluding hydrogens is 222 g/mol. The Morgan fingerprint density at radius 2 is 1.53 bits per heavy atom. The Bertz CT molecular complexity index is 204. The van der Waals surface area contributed by atoms with Crippen molar-refractivity contribution < 1.29 is 0 Å². The summed E-state index contributed by atoms with van der Waals surface area (Å²) in [7, 11) is -1.02. The highest BCUT2D eigenvalue weighted by Crippen LogP contribution is 2.43. The Balaban J connectivity index is 2.06. The average molecular weight is 254 g/mol. The van der Waals surface area contributed by atoms with Crippen molar-refractivity contribution in [3.8, 4) is 0 Å². The van der Waals surface area contributed by atoms with Gasteiger partial charge in [-0.15, -0.1) is 0 Å². The van der Waals surface area contributed by atoms with Gasteiger partial charge in [0.1, 0.15) is 0 Å². The van der Waals surface area contributed by atoms with Crippen LogP contribution in [-0.2, 0) is 0 Å². The van der Waals surface area contributed by atoms with E-state index < -0.39 is 8.07 Å². The van der Waals surface area contributed by atoms with Crippen molar-refractivity contribution in [2.45, 2.75) is 82.6 Å². The van der Waals surface area contributed by atoms with E-state index in [2.05, 4.69) is 25.0 Å². The minimum Gasteiger partial charge on any atom is -0.314 e. The summed E-state index contributed by atoms with van der Waals surface area (Å²) in [5.41, 5.74) is 1.03. The van der Waals surface area contributed by atoms with Gasteiger partial charge in [-0.2, -0.15) is 0 Å². The van der Waals surface area contributed by atoms with Gasteiger partial charge in [0.25, 0.3) is 0 Å². The van der Waals surface area contributed by atoms with Gasteiger partial charge in [0, 0.05) is 14.1 Å². The molecule has 2 atom stereocenters. The maximum Gasteiger partial charge on any atom is 0.0494 e. The van der Waals surface area contributed by atoms with Crippen LogP contribution >= 0.6 is 0 Å². The molecule has 2 fully saturated rings. The summed E-state index contributed by atoms with van der Waals surface area (Å²) < 4.78 is 0. The van der Waals surface area contributed by atoms with Crippen molar-refractivity contribution in [2.24, 2.45) is 5.92 Å². The van der Waals surface area contributed by atoms with Crippen LogP contribution in [0.15, 0.2) is 0 Å². The first-order valence-electron chi connectivity index (χ1n) is 7.82. The largest absolute Gasteiger partial charge is 0.314 e. The zero-order valence-corrected chi connectivity index (χ0v) is 13.1. The molecule has 1 saturated carbocycles. The SMILES string of the molecule is C[Si](C)(C)C(C1CCCCC1)C1CCCCN1. The van der Waals surface area contributed by atoms with Crippen LogP contribution < -0.4 is 5.32 Å². The second kappa shape index (κ2) is 5.88. The molecular formula is C15H31NSi. The maximum absolute atomic E-state index is 3.86. The fourth-order valence-corrected chi connectivity index (χ4v) is 7.56. The van der Waals surface area contributed by atoms with Crippen molar-refractivity contribution in [1.29, 1.82) is 0 Å². The molecule has 1 aliphatic heterocycles. The van der Waals surface area contributed by atoms with Crippen LogP contribution in [0.5, 0.6) is 0 Å². The van der Waals surface area contributed by atoms with Crippen LogP contribution in [0, 0.1) is 5.92 Å². The molecule has 2 aliphatic rings. The molecule has 0 aromatic rings. The number of nitrogens with one attached hydrogen (secondary N) is 1. The lowest BCUT2D eigenvalue weighted by molar-refractivity contribution is 0.267. The van der Waals surface area contributed by atoms with E-state index in [0.717, 1.165) is 17.5 Å². The van der Waals surface area contributed by atoms with E-state index in [0.29, 0.717) is 0 Å². The molecule has 2 unspecified atom stereocenters. The van der Waals surface area contributed by atoms with E-state index in [1.165, 1.54) is 57.9 Å². The van der Waals surface area contributed by atoms with Gasteiger partial charge in [-0.1, -0.05) is 58.2 Å². The van der Waals surface area contributed by atoms with Crippen LogP contribution in [-0.4, -0.2) is 20.7 Å². The summed E-state index contributed by atoms with van der Waals surface area (Å²) in [5, 5.41) is 3.86. The Morgan fingerprint density at radius 1 is 0.882 bits per heavy atom. The van der Waals surface area contributed by atoms with Gasteiger partial charge in [-0.05, 0) is 30.8 Å². The molecule has 17 heavy (non-hydrogen) atoms. The standard InChI is InChI=1S/C15H31NSi/c1-17(2,3)15(13-9-5-4-6-10-13)14-11-7-8-12-16-14/h13-16H,4-12H2,1-3H3. The van der Waals surface area contributed by atoms with E-state index in [9.17, 15) is 0 Å². The van der Waals surface area contributed by atoms with Crippen LogP contribution in [0.2, 0.25) is 25.2 Å². The fraction of sp³-hybridized carbons (Fsp3) is 1.00. The lowest BCUT2D eigenvalue weighted by Gasteiger charge is -2.44. The normalized spacial score (nSPS) is 30.2. The molecule has 0 spiro atoms. The monoisotopic (exact) mass is 253 g/mol. The number of hydrogen-bond acceptors (Lipinski definition) is 1. The van der Waals surface area contributed by atoms with Crippen LogP contribution in [0.1, 0.15) is 51.4 Å². The van der Waals surface area contributed by atoms with Gasteiger partial charge in [0.15, 0.2) is 0 Å². The highest BCUT2D eigenvalue weighted by atomic mass is 28.3. The van der Waals surface area contributed by atoms with Gasteiger partial charge in [-0.25, -0.2) is 0 Å². The molecule has 0 radical (unpaired) electrons. The molecule has 1 heterocycles. The predicted octanol–water partition coefficient (Wildman–Crippen LogP) is 4.42. The first-order valence-corrected chi connectivity index (χ1v) is 11.4. The van der Waals surface area contributed by atoms with Gasteiger partial charge in [0.2, 0.25) is 0 Å². The van der Waals surface area contributed by atoms with Gasteiger partial charge < -0.3 is 5.32 Å². The molecule has 1 saturated heterocycles. The lowest BCUT2D eigenvalue weighted by Crippen LogP contribution is -2.49. The zero-order chi connectivity index (χ0) is 12.3. The second-order valence-corrected chi connectivity index (χ2v) is 12.7. The van der Waals surface area contributed by atoms with Crippen LogP contribution in [0.25, 0.3) is 0 Å². The maximum atomic E-state index is 3.86. The minimum absolute atomic E-state index is 0.860.